The lowest BCUT2D eigenvalue weighted by atomic mass is 10.2. The molecule has 4 nitrogen and oxygen atoms in total. The maximum atomic E-state index is 13.0. The molecule has 1 aromatic heterocycles. The van der Waals surface area contributed by atoms with Crippen LogP contribution in [0.2, 0.25) is 0 Å². The Morgan fingerprint density at radius 3 is 2.35 bits per heavy atom. The van der Waals surface area contributed by atoms with E-state index in [-0.39, 0.29) is 18.2 Å². The quantitative estimate of drug-likeness (QED) is 0.732. The third kappa shape index (κ3) is 3.87. The lowest BCUT2D eigenvalue weighted by Crippen LogP contribution is -2.27. The van der Waals surface area contributed by atoms with Crippen LogP contribution in [0.15, 0.2) is 67.3 Å². The summed E-state index contributed by atoms with van der Waals surface area (Å²) in [5.41, 5.74) is 2.50. The molecule has 0 aliphatic rings. The van der Waals surface area contributed by atoms with E-state index in [0.29, 0.717) is 12.1 Å². The highest BCUT2D eigenvalue weighted by Gasteiger charge is 2.09. The van der Waals surface area contributed by atoms with E-state index in [1.54, 1.807) is 36.8 Å². The predicted octanol–water partition coefficient (Wildman–Crippen LogP) is 3.79. The smallest absolute Gasteiger partial charge is 0.123 e. The van der Waals surface area contributed by atoms with Gasteiger partial charge in [-0.3, -0.25) is 5.01 Å². The van der Waals surface area contributed by atoms with E-state index < -0.39 is 0 Å². The summed E-state index contributed by atoms with van der Waals surface area (Å²) in [4.78, 5) is 4.07. The first-order chi connectivity index (χ1) is 10.8. The van der Waals surface area contributed by atoms with Gasteiger partial charge >= 0.3 is 0 Å². The van der Waals surface area contributed by atoms with Crippen LogP contribution in [0.1, 0.15) is 11.1 Å². The van der Waals surface area contributed by atoms with Gasteiger partial charge in [0.25, 0.3) is 0 Å². The van der Waals surface area contributed by atoms with Crippen LogP contribution in [0.5, 0.6) is 0 Å². The second kappa shape index (κ2) is 7.43. The molecule has 0 spiro atoms. The van der Waals surface area contributed by atoms with E-state index in [2.05, 4.69) is 11.1 Å². The molecule has 116 valence electrons. The van der Waals surface area contributed by atoms with Crippen LogP contribution in [0, 0.1) is 17.1 Å². The molecule has 0 bridgehead atoms. The Hall–Kier alpha value is -2.84. The molecule has 0 aliphatic carbocycles. The van der Waals surface area contributed by atoms with Crippen molar-refractivity contribution in [3.63, 3.8) is 0 Å². The summed E-state index contributed by atoms with van der Waals surface area (Å²) in [6.45, 7) is 0.558. The van der Waals surface area contributed by atoms with Crippen molar-refractivity contribution < 1.29 is 4.39 Å². The largest absolute Gasteiger partial charge is 0.276 e. The fourth-order valence-electron chi connectivity index (χ4n) is 2.17. The zero-order valence-corrected chi connectivity index (χ0v) is 12.9. The van der Waals surface area contributed by atoms with Crippen molar-refractivity contribution in [2.45, 2.75) is 6.54 Å². The molecular weight excluding hydrogens is 315 g/mol. The normalized spacial score (nSPS) is 9.74. The molecule has 1 heterocycles. The molecular formula is C17H14ClFN4. The van der Waals surface area contributed by atoms with E-state index in [1.165, 1.54) is 12.1 Å². The SMILES string of the molecule is Cl.N#Cc1ccc(N(Cc2ccc(F)cc2)n2ccnc2)cc1. The third-order valence-corrected chi connectivity index (χ3v) is 3.31. The number of benzene rings is 2. The Morgan fingerprint density at radius 2 is 1.78 bits per heavy atom. The molecule has 0 amide bonds. The number of imidazole rings is 1. The highest BCUT2D eigenvalue weighted by Crippen LogP contribution is 2.19. The summed E-state index contributed by atoms with van der Waals surface area (Å²) in [6, 6.07) is 15.8. The first-order valence-electron chi connectivity index (χ1n) is 6.76. The number of nitriles is 1. The first-order valence-corrected chi connectivity index (χ1v) is 6.76. The van der Waals surface area contributed by atoms with Gasteiger partial charge in [-0.1, -0.05) is 12.1 Å². The van der Waals surface area contributed by atoms with Crippen molar-refractivity contribution in [2.24, 2.45) is 0 Å². The number of hydrogen-bond acceptors (Lipinski definition) is 3. The summed E-state index contributed by atoms with van der Waals surface area (Å²) >= 11 is 0. The Bertz CT molecular complexity index is 777. The summed E-state index contributed by atoms with van der Waals surface area (Å²) in [5, 5.41) is 10.9. The highest BCUT2D eigenvalue weighted by atomic mass is 35.5. The molecule has 6 heteroatoms. The minimum absolute atomic E-state index is 0. The van der Waals surface area contributed by atoms with E-state index in [0.717, 1.165) is 11.3 Å². The van der Waals surface area contributed by atoms with E-state index in [9.17, 15) is 4.39 Å². The molecule has 0 atom stereocenters. The second-order valence-electron chi connectivity index (χ2n) is 4.79. The van der Waals surface area contributed by atoms with Crippen molar-refractivity contribution in [3.8, 4) is 6.07 Å². The summed E-state index contributed by atoms with van der Waals surface area (Å²) in [5.74, 6) is -0.253. The van der Waals surface area contributed by atoms with E-state index in [4.69, 9.17) is 5.26 Å². The molecule has 0 N–H and O–H groups in total. The van der Waals surface area contributed by atoms with Crippen molar-refractivity contribution >= 4 is 18.1 Å². The zero-order chi connectivity index (χ0) is 15.4. The van der Waals surface area contributed by atoms with Gasteiger partial charge in [0.1, 0.15) is 12.1 Å². The van der Waals surface area contributed by atoms with Gasteiger partial charge < -0.3 is 0 Å². The van der Waals surface area contributed by atoms with E-state index in [1.807, 2.05) is 28.0 Å². The lowest BCUT2D eigenvalue weighted by Gasteiger charge is -2.25. The molecule has 0 aliphatic heterocycles. The van der Waals surface area contributed by atoms with Crippen LogP contribution in [-0.2, 0) is 6.54 Å². The highest BCUT2D eigenvalue weighted by molar-refractivity contribution is 5.85. The zero-order valence-electron chi connectivity index (χ0n) is 12.1. The topological polar surface area (TPSA) is 44.9 Å². The number of halogens is 2. The van der Waals surface area contributed by atoms with Gasteiger partial charge in [0.2, 0.25) is 0 Å². The summed E-state index contributed by atoms with van der Waals surface area (Å²) < 4.78 is 14.9. The van der Waals surface area contributed by atoms with Crippen LogP contribution < -0.4 is 5.01 Å². The average molecular weight is 329 g/mol. The Morgan fingerprint density at radius 1 is 1.09 bits per heavy atom. The molecule has 3 aromatic rings. The number of rotatable bonds is 4. The van der Waals surface area contributed by atoms with Gasteiger partial charge in [-0.25, -0.2) is 14.1 Å². The minimum atomic E-state index is -0.253. The molecule has 0 radical (unpaired) electrons. The maximum absolute atomic E-state index is 13.0. The van der Waals surface area contributed by atoms with Gasteiger partial charge in [0, 0.05) is 12.4 Å². The molecule has 0 fully saturated rings. The Kier molecular flexibility index (Phi) is 5.34. The van der Waals surface area contributed by atoms with Gasteiger partial charge in [0.15, 0.2) is 0 Å². The van der Waals surface area contributed by atoms with Crippen LogP contribution in [0.3, 0.4) is 0 Å². The van der Waals surface area contributed by atoms with Crippen molar-refractivity contribution in [2.75, 3.05) is 5.01 Å². The van der Waals surface area contributed by atoms with Crippen molar-refractivity contribution in [1.29, 1.82) is 5.26 Å². The van der Waals surface area contributed by atoms with Gasteiger partial charge in [0.05, 0.1) is 23.9 Å². The monoisotopic (exact) mass is 328 g/mol. The lowest BCUT2D eigenvalue weighted by molar-refractivity contribution is 0.625. The first kappa shape index (κ1) is 16.5. The van der Waals surface area contributed by atoms with Crippen LogP contribution in [0.25, 0.3) is 0 Å². The fraction of sp³-hybridized carbons (Fsp3) is 0.0588. The van der Waals surface area contributed by atoms with Gasteiger partial charge in [-0.2, -0.15) is 5.26 Å². The summed E-state index contributed by atoms with van der Waals surface area (Å²) in [6.07, 6.45) is 5.23. The molecule has 23 heavy (non-hydrogen) atoms. The van der Waals surface area contributed by atoms with Crippen molar-refractivity contribution in [1.82, 2.24) is 9.66 Å². The fourth-order valence-corrected chi connectivity index (χ4v) is 2.17. The molecule has 0 saturated carbocycles. The second-order valence-corrected chi connectivity index (χ2v) is 4.79. The van der Waals surface area contributed by atoms with Crippen LogP contribution in [0.4, 0.5) is 10.1 Å². The third-order valence-electron chi connectivity index (χ3n) is 3.31. The Balaban J connectivity index is 0.00000192. The Labute approximate surface area is 139 Å². The van der Waals surface area contributed by atoms with Crippen molar-refractivity contribution in [3.05, 3.63) is 84.2 Å². The number of anilines is 1. The van der Waals surface area contributed by atoms with E-state index >= 15 is 0 Å². The number of nitrogens with zero attached hydrogens (tertiary/aromatic N) is 4. The standard InChI is InChI=1S/C17H13FN4.ClH/c18-16-5-1-15(2-6-16)12-22(21-10-9-20-13-21)17-7-3-14(11-19)4-8-17;/h1-10,13H,12H2;1H. The maximum Gasteiger partial charge on any atom is 0.123 e. The average Bonchev–Trinajstić information content (AvgIpc) is 3.09. The predicted molar refractivity (Wildman–Crippen MR) is 88.6 cm³/mol. The summed E-state index contributed by atoms with van der Waals surface area (Å²) in [7, 11) is 0. The van der Waals surface area contributed by atoms with Crippen LogP contribution >= 0.6 is 12.4 Å². The van der Waals surface area contributed by atoms with Gasteiger partial charge in [-0.05, 0) is 42.0 Å². The molecule has 0 unspecified atom stereocenters. The number of aromatic nitrogens is 2. The van der Waals surface area contributed by atoms with Crippen LogP contribution in [-0.4, -0.2) is 9.66 Å². The van der Waals surface area contributed by atoms with Gasteiger partial charge in [-0.15, -0.1) is 12.4 Å². The molecule has 2 aromatic carbocycles. The molecule has 0 saturated heterocycles. The minimum Gasteiger partial charge on any atom is -0.276 e. The molecule has 3 rings (SSSR count). The number of hydrogen-bond donors (Lipinski definition) is 0.